The third-order valence-corrected chi connectivity index (χ3v) is 4.31. The van der Waals surface area contributed by atoms with E-state index in [1.54, 1.807) is 6.92 Å². The van der Waals surface area contributed by atoms with Gasteiger partial charge in [0.1, 0.15) is 0 Å². The number of aliphatic carboxylic acids is 1. The number of carboxylic acid groups (broad SMARTS) is 1. The number of carbonyl (C=O) groups is 1. The molecule has 4 heteroatoms. The molecule has 4 nitrogen and oxygen atoms in total. The van der Waals surface area contributed by atoms with E-state index in [0.29, 0.717) is 6.04 Å². The van der Waals surface area contributed by atoms with Crippen LogP contribution in [-0.4, -0.2) is 40.7 Å². The van der Waals surface area contributed by atoms with Gasteiger partial charge < -0.3 is 15.1 Å². The van der Waals surface area contributed by atoms with E-state index in [0.717, 1.165) is 18.5 Å². The van der Waals surface area contributed by atoms with Crippen molar-refractivity contribution in [2.24, 2.45) is 5.92 Å². The number of carboxylic acids is 1. The predicted molar refractivity (Wildman–Crippen MR) is 84.1 cm³/mol. The molecule has 3 unspecified atom stereocenters. The maximum Gasteiger partial charge on any atom is 0.303 e. The van der Waals surface area contributed by atoms with Crippen LogP contribution in [0, 0.1) is 5.92 Å². The monoisotopic (exact) mass is 293 g/mol. The minimum atomic E-state index is -0.745. The molecule has 2 rings (SSSR count). The highest BCUT2D eigenvalue weighted by atomic mass is 16.4. The van der Waals surface area contributed by atoms with Gasteiger partial charge in [0, 0.05) is 24.9 Å². The van der Waals surface area contributed by atoms with Crippen LogP contribution in [0.5, 0.6) is 0 Å². The van der Waals surface area contributed by atoms with Crippen LogP contribution in [0.4, 0.5) is 0 Å². The Labute approximate surface area is 127 Å². The van der Waals surface area contributed by atoms with Crippen molar-refractivity contribution in [3.63, 3.8) is 0 Å². The molecule has 0 spiro atoms. The Hall–Kier alpha value is -1.39. The SMILES string of the molecule is CC1CC(O)(c2ccccc2)C(C)CN1C.CCC(=O)O. The Morgan fingerprint density at radius 2 is 1.86 bits per heavy atom. The Balaban J connectivity index is 0.000000383. The second-order valence-corrected chi connectivity index (χ2v) is 5.93. The lowest BCUT2D eigenvalue weighted by atomic mass is 9.74. The molecule has 1 fully saturated rings. The molecule has 1 aliphatic heterocycles. The van der Waals surface area contributed by atoms with E-state index in [4.69, 9.17) is 5.11 Å². The quantitative estimate of drug-likeness (QED) is 0.880. The summed E-state index contributed by atoms with van der Waals surface area (Å²) < 4.78 is 0. The summed E-state index contributed by atoms with van der Waals surface area (Å²) in [6, 6.07) is 10.5. The van der Waals surface area contributed by atoms with Gasteiger partial charge in [-0.1, -0.05) is 44.2 Å². The lowest BCUT2D eigenvalue weighted by Crippen LogP contribution is -2.51. The summed E-state index contributed by atoms with van der Waals surface area (Å²) in [5.74, 6) is -0.471. The van der Waals surface area contributed by atoms with Crippen molar-refractivity contribution >= 4 is 5.97 Å². The van der Waals surface area contributed by atoms with Crippen molar-refractivity contribution in [3.05, 3.63) is 35.9 Å². The molecule has 1 aliphatic rings. The van der Waals surface area contributed by atoms with Crippen molar-refractivity contribution < 1.29 is 15.0 Å². The van der Waals surface area contributed by atoms with Crippen LogP contribution in [0.3, 0.4) is 0 Å². The molecule has 118 valence electrons. The zero-order valence-corrected chi connectivity index (χ0v) is 13.4. The summed E-state index contributed by atoms with van der Waals surface area (Å²) in [7, 11) is 2.13. The summed E-state index contributed by atoms with van der Waals surface area (Å²) >= 11 is 0. The molecule has 2 N–H and O–H groups in total. The fourth-order valence-corrected chi connectivity index (χ4v) is 2.70. The normalized spacial score (nSPS) is 29.4. The van der Waals surface area contributed by atoms with Crippen LogP contribution in [-0.2, 0) is 10.4 Å². The zero-order chi connectivity index (χ0) is 16.0. The molecule has 0 amide bonds. The fraction of sp³-hybridized carbons (Fsp3) is 0.588. The van der Waals surface area contributed by atoms with Crippen LogP contribution < -0.4 is 0 Å². The molecular formula is C17H27NO3. The second kappa shape index (κ2) is 7.57. The van der Waals surface area contributed by atoms with Crippen molar-refractivity contribution in [2.75, 3.05) is 13.6 Å². The minimum Gasteiger partial charge on any atom is -0.481 e. The number of likely N-dealkylation sites (tertiary alicyclic amines) is 1. The van der Waals surface area contributed by atoms with E-state index in [-0.39, 0.29) is 12.3 Å². The van der Waals surface area contributed by atoms with Crippen molar-refractivity contribution in [2.45, 2.75) is 45.3 Å². The highest BCUT2D eigenvalue weighted by Gasteiger charge is 2.42. The van der Waals surface area contributed by atoms with Gasteiger partial charge in [-0.15, -0.1) is 0 Å². The summed E-state index contributed by atoms with van der Waals surface area (Å²) in [6.45, 7) is 6.87. The molecule has 0 aromatic heterocycles. The van der Waals surface area contributed by atoms with Gasteiger partial charge in [0.05, 0.1) is 5.60 Å². The number of nitrogens with zero attached hydrogens (tertiary/aromatic N) is 1. The van der Waals surface area contributed by atoms with E-state index in [2.05, 4.69) is 25.8 Å². The van der Waals surface area contributed by atoms with E-state index < -0.39 is 11.6 Å². The standard InChI is InChI=1S/C14H21NO.C3H6O2/c1-11-10-15(3)12(2)9-14(11,16)13-7-5-4-6-8-13;1-2-3(4)5/h4-8,11-12,16H,9-10H2,1-3H3;2H2,1H3,(H,4,5). The smallest absolute Gasteiger partial charge is 0.303 e. The van der Waals surface area contributed by atoms with Gasteiger partial charge in [-0.3, -0.25) is 4.79 Å². The van der Waals surface area contributed by atoms with Crippen LogP contribution in [0.1, 0.15) is 39.2 Å². The number of hydrogen-bond acceptors (Lipinski definition) is 3. The molecule has 0 saturated carbocycles. The predicted octanol–water partition coefficient (Wildman–Crippen LogP) is 2.72. The number of rotatable bonds is 2. The highest BCUT2D eigenvalue weighted by molar-refractivity contribution is 5.66. The molecule has 1 heterocycles. The molecule has 1 aromatic rings. The maximum absolute atomic E-state index is 10.9. The fourth-order valence-electron chi connectivity index (χ4n) is 2.70. The van der Waals surface area contributed by atoms with Crippen LogP contribution in [0.25, 0.3) is 0 Å². The second-order valence-electron chi connectivity index (χ2n) is 5.93. The van der Waals surface area contributed by atoms with Gasteiger partial charge in [-0.05, 0) is 26.0 Å². The zero-order valence-electron chi connectivity index (χ0n) is 13.4. The summed E-state index contributed by atoms with van der Waals surface area (Å²) in [5.41, 5.74) is 0.398. The van der Waals surface area contributed by atoms with Gasteiger partial charge in [0.2, 0.25) is 0 Å². The van der Waals surface area contributed by atoms with E-state index >= 15 is 0 Å². The van der Waals surface area contributed by atoms with Gasteiger partial charge >= 0.3 is 5.97 Å². The van der Waals surface area contributed by atoms with Gasteiger partial charge in [-0.25, -0.2) is 0 Å². The Kier molecular flexibility index (Phi) is 6.37. The van der Waals surface area contributed by atoms with Crippen LogP contribution >= 0.6 is 0 Å². The first-order valence-electron chi connectivity index (χ1n) is 7.51. The van der Waals surface area contributed by atoms with Gasteiger partial charge in [0.25, 0.3) is 0 Å². The first-order chi connectivity index (χ1) is 9.81. The average Bonchev–Trinajstić information content (AvgIpc) is 2.47. The van der Waals surface area contributed by atoms with E-state index in [9.17, 15) is 9.90 Å². The Morgan fingerprint density at radius 3 is 2.33 bits per heavy atom. The number of piperidine rings is 1. The average molecular weight is 293 g/mol. The lowest BCUT2D eigenvalue weighted by molar-refractivity contribution is -0.136. The molecule has 0 aliphatic carbocycles. The molecule has 3 atom stereocenters. The largest absolute Gasteiger partial charge is 0.481 e. The summed E-state index contributed by atoms with van der Waals surface area (Å²) in [5, 5.41) is 18.6. The molecule has 1 aromatic carbocycles. The molecule has 1 saturated heterocycles. The van der Waals surface area contributed by atoms with Crippen molar-refractivity contribution in [3.8, 4) is 0 Å². The van der Waals surface area contributed by atoms with Gasteiger partial charge in [-0.2, -0.15) is 0 Å². The van der Waals surface area contributed by atoms with E-state index in [1.807, 2.05) is 30.3 Å². The molecular weight excluding hydrogens is 266 g/mol. The number of benzene rings is 1. The lowest BCUT2D eigenvalue weighted by Gasteiger charge is -2.46. The third kappa shape index (κ3) is 4.55. The number of hydrogen-bond donors (Lipinski definition) is 2. The molecule has 21 heavy (non-hydrogen) atoms. The minimum absolute atomic E-state index is 0.222. The number of aliphatic hydroxyl groups is 1. The first-order valence-corrected chi connectivity index (χ1v) is 7.51. The first kappa shape index (κ1) is 17.7. The maximum atomic E-state index is 10.9. The Bertz CT molecular complexity index is 449. The van der Waals surface area contributed by atoms with Crippen molar-refractivity contribution in [1.82, 2.24) is 4.90 Å². The van der Waals surface area contributed by atoms with E-state index in [1.165, 1.54) is 0 Å². The van der Waals surface area contributed by atoms with Crippen LogP contribution in [0.15, 0.2) is 30.3 Å². The van der Waals surface area contributed by atoms with Crippen molar-refractivity contribution in [1.29, 1.82) is 0 Å². The summed E-state index contributed by atoms with van der Waals surface area (Å²) in [6.07, 6.45) is 1.04. The molecule has 0 bridgehead atoms. The molecule has 0 radical (unpaired) electrons. The topological polar surface area (TPSA) is 60.8 Å². The highest BCUT2D eigenvalue weighted by Crippen LogP contribution is 2.39. The Morgan fingerprint density at radius 1 is 1.33 bits per heavy atom. The third-order valence-electron chi connectivity index (χ3n) is 4.31. The van der Waals surface area contributed by atoms with Crippen LogP contribution in [0.2, 0.25) is 0 Å². The summed E-state index contributed by atoms with van der Waals surface area (Å²) in [4.78, 5) is 11.7. The van der Waals surface area contributed by atoms with Gasteiger partial charge in [0.15, 0.2) is 0 Å².